The van der Waals surface area contributed by atoms with E-state index >= 15 is 0 Å². The molecule has 0 N–H and O–H groups in total. The molecule has 0 aliphatic carbocycles. The molecule has 2 heteroatoms. The normalized spacial score (nSPS) is 35.0. The molecule has 0 saturated carbocycles. The summed E-state index contributed by atoms with van der Waals surface area (Å²) in [6, 6.07) is 0. The van der Waals surface area contributed by atoms with Gasteiger partial charge in [-0.2, -0.15) is 0 Å². The van der Waals surface area contributed by atoms with Crippen LogP contribution in [0.15, 0.2) is 0 Å². The molecule has 1 aliphatic rings. The first kappa shape index (κ1) is 10.0. The van der Waals surface area contributed by atoms with Crippen molar-refractivity contribution in [1.82, 2.24) is 0 Å². The van der Waals surface area contributed by atoms with Crippen LogP contribution in [-0.2, 0) is 9.47 Å². The summed E-state index contributed by atoms with van der Waals surface area (Å²) in [5, 5.41) is 0. The van der Waals surface area contributed by atoms with Crippen LogP contribution in [0.25, 0.3) is 0 Å². The fourth-order valence-corrected chi connectivity index (χ4v) is 1.26. The smallest absolute Gasteiger partial charge is 0.157 e. The molecular formula is C10H20O2. The topological polar surface area (TPSA) is 18.5 Å². The highest BCUT2D eigenvalue weighted by Gasteiger charge is 2.34. The Labute approximate surface area is 75.2 Å². The monoisotopic (exact) mass is 172 g/mol. The highest BCUT2D eigenvalue weighted by atomic mass is 16.7. The van der Waals surface area contributed by atoms with Crippen molar-refractivity contribution in [2.45, 2.75) is 52.9 Å². The average molecular weight is 172 g/mol. The predicted octanol–water partition coefficient (Wildman–Crippen LogP) is 2.57. The molecule has 0 radical (unpaired) electrons. The van der Waals surface area contributed by atoms with E-state index in [1.165, 1.54) is 0 Å². The lowest BCUT2D eigenvalue weighted by Crippen LogP contribution is -2.44. The molecule has 2 atom stereocenters. The standard InChI is InChI=1S/C10H20O2/c1-5-6-9-11-7-10(3,4)8(2)12-9/h8-9H,5-7H2,1-4H3. The SMILES string of the molecule is CCCC1OCC(C)(C)C(C)O1. The summed E-state index contributed by atoms with van der Waals surface area (Å²) in [4.78, 5) is 0. The number of ether oxygens (including phenoxy) is 2. The van der Waals surface area contributed by atoms with Crippen LogP contribution in [0.4, 0.5) is 0 Å². The Kier molecular flexibility index (Phi) is 3.13. The van der Waals surface area contributed by atoms with Crippen LogP contribution in [0.3, 0.4) is 0 Å². The van der Waals surface area contributed by atoms with Gasteiger partial charge in [-0.25, -0.2) is 0 Å². The first-order valence-electron chi connectivity index (χ1n) is 4.83. The van der Waals surface area contributed by atoms with E-state index in [0.29, 0.717) is 6.10 Å². The third-order valence-electron chi connectivity index (χ3n) is 2.62. The molecule has 1 heterocycles. The van der Waals surface area contributed by atoms with E-state index in [-0.39, 0.29) is 11.7 Å². The van der Waals surface area contributed by atoms with Gasteiger partial charge in [0.05, 0.1) is 12.7 Å². The van der Waals surface area contributed by atoms with Gasteiger partial charge in [0.15, 0.2) is 6.29 Å². The molecule has 0 spiro atoms. The van der Waals surface area contributed by atoms with Gasteiger partial charge in [0.1, 0.15) is 0 Å². The van der Waals surface area contributed by atoms with Crippen LogP contribution in [0.2, 0.25) is 0 Å². The van der Waals surface area contributed by atoms with Crippen molar-refractivity contribution in [3.63, 3.8) is 0 Å². The van der Waals surface area contributed by atoms with E-state index in [4.69, 9.17) is 9.47 Å². The Hall–Kier alpha value is -0.0800. The number of hydrogen-bond acceptors (Lipinski definition) is 2. The van der Waals surface area contributed by atoms with E-state index in [0.717, 1.165) is 19.4 Å². The fraction of sp³-hybridized carbons (Fsp3) is 1.00. The van der Waals surface area contributed by atoms with E-state index in [2.05, 4.69) is 27.7 Å². The Balaban J connectivity index is 2.41. The first-order valence-corrected chi connectivity index (χ1v) is 4.83. The van der Waals surface area contributed by atoms with Crippen molar-refractivity contribution >= 4 is 0 Å². The van der Waals surface area contributed by atoms with Gasteiger partial charge in [-0.15, -0.1) is 0 Å². The van der Waals surface area contributed by atoms with Crippen LogP contribution >= 0.6 is 0 Å². The van der Waals surface area contributed by atoms with E-state index in [1.54, 1.807) is 0 Å². The van der Waals surface area contributed by atoms with Crippen molar-refractivity contribution in [3.8, 4) is 0 Å². The molecule has 2 nitrogen and oxygen atoms in total. The first-order chi connectivity index (χ1) is 5.56. The van der Waals surface area contributed by atoms with Gasteiger partial charge >= 0.3 is 0 Å². The highest BCUT2D eigenvalue weighted by Crippen LogP contribution is 2.30. The van der Waals surface area contributed by atoms with E-state index < -0.39 is 0 Å². The predicted molar refractivity (Wildman–Crippen MR) is 49.0 cm³/mol. The molecule has 0 aromatic heterocycles. The van der Waals surface area contributed by atoms with Gasteiger partial charge in [-0.3, -0.25) is 0 Å². The molecule has 1 aliphatic heterocycles. The van der Waals surface area contributed by atoms with Crippen LogP contribution in [0, 0.1) is 5.41 Å². The summed E-state index contributed by atoms with van der Waals surface area (Å²) in [7, 11) is 0. The number of hydrogen-bond donors (Lipinski definition) is 0. The molecular weight excluding hydrogens is 152 g/mol. The van der Waals surface area contributed by atoms with Crippen molar-refractivity contribution in [1.29, 1.82) is 0 Å². The molecule has 0 aromatic rings. The quantitative estimate of drug-likeness (QED) is 0.637. The molecule has 72 valence electrons. The minimum atomic E-state index is 0.0398. The summed E-state index contributed by atoms with van der Waals surface area (Å²) in [5.74, 6) is 0. The summed E-state index contributed by atoms with van der Waals surface area (Å²) < 4.78 is 11.3. The van der Waals surface area contributed by atoms with Gasteiger partial charge in [-0.1, -0.05) is 27.2 Å². The third kappa shape index (κ3) is 2.20. The van der Waals surface area contributed by atoms with Gasteiger partial charge in [0.25, 0.3) is 0 Å². The summed E-state index contributed by atoms with van der Waals surface area (Å²) in [6.45, 7) is 9.46. The third-order valence-corrected chi connectivity index (χ3v) is 2.62. The molecule has 12 heavy (non-hydrogen) atoms. The molecule has 0 bridgehead atoms. The molecule has 0 aromatic carbocycles. The second-order valence-electron chi connectivity index (χ2n) is 4.30. The lowest BCUT2D eigenvalue weighted by molar-refractivity contribution is -0.256. The maximum Gasteiger partial charge on any atom is 0.157 e. The Bertz CT molecular complexity index is 143. The van der Waals surface area contributed by atoms with Gasteiger partial charge in [-0.05, 0) is 13.3 Å². The van der Waals surface area contributed by atoms with Crippen molar-refractivity contribution in [2.24, 2.45) is 5.41 Å². The summed E-state index contributed by atoms with van der Waals surface area (Å²) >= 11 is 0. The maximum absolute atomic E-state index is 5.72. The Morgan fingerprint density at radius 1 is 1.42 bits per heavy atom. The van der Waals surface area contributed by atoms with Gasteiger partial charge in [0.2, 0.25) is 0 Å². The van der Waals surface area contributed by atoms with Crippen molar-refractivity contribution in [2.75, 3.05) is 6.61 Å². The van der Waals surface area contributed by atoms with Crippen LogP contribution in [0.5, 0.6) is 0 Å². The Morgan fingerprint density at radius 2 is 2.08 bits per heavy atom. The zero-order valence-electron chi connectivity index (χ0n) is 8.59. The summed E-state index contributed by atoms with van der Waals surface area (Å²) in [6.07, 6.45) is 2.49. The second-order valence-corrected chi connectivity index (χ2v) is 4.30. The van der Waals surface area contributed by atoms with Gasteiger partial charge < -0.3 is 9.47 Å². The molecule has 1 saturated heterocycles. The zero-order valence-corrected chi connectivity index (χ0v) is 8.59. The molecule has 0 amide bonds. The average Bonchev–Trinajstić information content (AvgIpc) is 1.98. The largest absolute Gasteiger partial charge is 0.352 e. The second kappa shape index (κ2) is 3.75. The van der Waals surface area contributed by atoms with Crippen LogP contribution < -0.4 is 0 Å². The zero-order chi connectivity index (χ0) is 9.19. The lowest BCUT2D eigenvalue weighted by Gasteiger charge is -2.40. The minimum absolute atomic E-state index is 0.0398. The molecule has 2 unspecified atom stereocenters. The lowest BCUT2D eigenvalue weighted by atomic mass is 9.87. The van der Waals surface area contributed by atoms with Gasteiger partial charge in [0, 0.05) is 5.41 Å². The summed E-state index contributed by atoms with van der Waals surface area (Å²) in [5.41, 5.74) is 0.171. The van der Waals surface area contributed by atoms with Crippen LogP contribution in [0.1, 0.15) is 40.5 Å². The van der Waals surface area contributed by atoms with E-state index in [1.807, 2.05) is 0 Å². The molecule has 1 rings (SSSR count). The van der Waals surface area contributed by atoms with E-state index in [9.17, 15) is 0 Å². The van der Waals surface area contributed by atoms with Crippen LogP contribution in [-0.4, -0.2) is 19.0 Å². The van der Waals surface area contributed by atoms with Crippen molar-refractivity contribution in [3.05, 3.63) is 0 Å². The number of rotatable bonds is 2. The fourth-order valence-electron chi connectivity index (χ4n) is 1.26. The Morgan fingerprint density at radius 3 is 2.58 bits per heavy atom. The minimum Gasteiger partial charge on any atom is -0.352 e. The van der Waals surface area contributed by atoms with Crippen molar-refractivity contribution < 1.29 is 9.47 Å². The molecule has 1 fully saturated rings. The maximum atomic E-state index is 5.72. The highest BCUT2D eigenvalue weighted by molar-refractivity contribution is 4.79.